The van der Waals surface area contributed by atoms with Crippen molar-refractivity contribution >= 4 is 11.6 Å². The topological polar surface area (TPSA) is 29.5 Å². The molecule has 0 unspecified atom stereocenters. The number of halogens is 1. The van der Waals surface area contributed by atoms with Crippen molar-refractivity contribution in [1.82, 2.24) is 0 Å². The molecule has 2 nitrogen and oxygen atoms in total. The highest BCUT2D eigenvalue weighted by Gasteiger charge is 2.10. The standard InChI is InChI=1S/C11H15ClO2/c1-7(2)8-4-9(6-13)11(12)10(5-8)14-3/h4-5,7,13H,6H2,1-3H3. The van der Waals surface area contributed by atoms with E-state index in [9.17, 15) is 0 Å². The van der Waals surface area contributed by atoms with Crippen LogP contribution in [0.15, 0.2) is 12.1 Å². The molecule has 0 saturated heterocycles. The Bertz CT molecular complexity index is 296. The minimum atomic E-state index is -0.0598. The summed E-state index contributed by atoms with van der Waals surface area (Å²) in [7, 11) is 1.58. The van der Waals surface area contributed by atoms with E-state index in [-0.39, 0.29) is 6.61 Å². The maximum atomic E-state index is 9.10. The molecule has 1 aromatic rings. The average molecular weight is 215 g/mol. The molecule has 1 N–H and O–H groups in total. The fourth-order valence-electron chi connectivity index (χ4n) is 1.28. The fraction of sp³-hybridized carbons (Fsp3) is 0.455. The van der Waals surface area contributed by atoms with Crippen LogP contribution in [0.3, 0.4) is 0 Å². The van der Waals surface area contributed by atoms with Crippen LogP contribution in [-0.4, -0.2) is 12.2 Å². The molecular weight excluding hydrogens is 200 g/mol. The summed E-state index contributed by atoms with van der Waals surface area (Å²) >= 11 is 6.00. The van der Waals surface area contributed by atoms with E-state index in [0.29, 0.717) is 16.7 Å². The van der Waals surface area contributed by atoms with Gasteiger partial charge in [0.15, 0.2) is 0 Å². The molecule has 0 heterocycles. The summed E-state index contributed by atoms with van der Waals surface area (Å²) in [6.07, 6.45) is 0. The van der Waals surface area contributed by atoms with Crippen molar-refractivity contribution in [3.63, 3.8) is 0 Å². The third kappa shape index (κ3) is 2.20. The minimum Gasteiger partial charge on any atom is -0.495 e. The van der Waals surface area contributed by atoms with Gasteiger partial charge in [-0.15, -0.1) is 0 Å². The summed E-state index contributed by atoms with van der Waals surface area (Å²) in [5.41, 5.74) is 1.84. The highest BCUT2D eigenvalue weighted by Crippen LogP contribution is 2.32. The maximum absolute atomic E-state index is 9.10. The zero-order chi connectivity index (χ0) is 10.7. The molecule has 0 radical (unpaired) electrons. The molecular formula is C11H15ClO2. The SMILES string of the molecule is COc1cc(C(C)C)cc(CO)c1Cl. The van der Waals surface area contributed by atoms with Crippen LogP contribution in [0.5, 0.6) is 5.75 Å². The highest BCUT2D eigenvalue weighted by molar-refractivity contribution is 6.32. The fourth-order valence-corrected chi connectivity index (χ4v) is 1.52. The van der Waals surface area contributed by atoms with Gasteiger partial charge in [0.05, 0.1) is 18.7 Å². The lowest BCUT2D eigenvalue weighted by atomic mass is 10.0. The van der Waals surface area contributed by atoms with Gasteiger partial charge in [-0.05, 0) is 17.5 Å². The Hall–Kier alpha value is -0.730. The Morgan fingerprint density at radius 3 is 2.50 bits per heavy atom. The Morgan fingerprint density at radius 1 is 1.43 bits per heavy atom. The van der Waals surface area contributed by atoms with Gasteiger partial charge >= 0.3 is 0 Å². The van der Waals surface area contributed by atoms with E-state index in [1.165, 1.54) is 0 Å². The van der Waals surface area contributed by atoms with E-state index in [4.69, 9.17) is 21.4 Å². The summed E-state index contributed by atoms with van der Waals surface area (Å²) in [6, 6.07) is 3.82. The van der Waals surface area contributed by atoms with Crippen molar-refractivity contribution in [1.29, 1.82) is 0 Å². The van der Waals surface area contributed by atoms with E-state index in [0.717, 1.165) is 11.1 Å². The monoisotopic (exact) mass is 214 g/mol. The number of aliphatic hydroxyl groups excluding tert-OH is 1. The third-order valence-corrected chi connectivity index (χ3v) is 2.62. The highest BCUT2D eigenvalue weighted by atomic mass is 35.5. The second-order valence-corrected chi connectivity index (χ2v) is 3.89. The van der Waals surface area contributed by atoms with Gasteiger partial charge in [0, 0.05) is 5.56 Å². The molecule has 0 bridgehead atoms. The van der Waals surface area contributed by atoms with E-state index in [1.54, 1.807) is 7.11 Å². The van der Waals surface area contributed by atoms with Crippen LogP contribution in [0.25, 0.3) is 0 Å². The first-order chi connectivity index (χ1) is 6.60. The molecule has 1 aromatic carbocycles. The number of rotatable bonds is 3. The smallest absolute Gasteiger partial charge is 0.138 e. The molecule has 0 fully saturated rings. The first-order valence-electron chi connectivity index (χ1n) is 4.57. The molecule has 0 aromatic heterocycles. The van der Waals surface area contributed by atoms with Crippen LogP contribution in [0.4, 0.5) is 0 Å². The normalized spacial score (nSPS) is 10.7. The predicted molar refractivity (Wildman–Crippen MR) is 58.0 cm³/mol. The molecule has 0 amide bonds. The molecule has 0 aliphatic carbocycles. The van der Waals surface area contributed by atoms with E-state index in [2.05, 4.69) is 13.8 Å². The van der Waals surface area contributed by atoms with Crippen molar-refractivity contribution < 1.29 is 9.84 Å². The van der Waals surface area contributed by atoms with Crippen molar-refractivity contribution in [2.24, 2.45) is 0 Å². The Kier molecular flexibility index (Phi) is 3.78. The van der Waals surface area contributed by atoms with Crippen molar-refractivity contribution in [2.75, 3.05) is 7.11 Å². The first-order valence-corrected chi connectivity index (χ1v) is 4.95. The van der Waals surface area contributed by atoms with Gasteiger partial charge in [0.1, 0.15) is 5.75 Å². The van der Waals surface area contributed by atoms with E-state index < -0.39 is 0 Å². The summed E-state index contributed by atoms with van der Waals surface area (Å²) in [6.45, 7) is 4.11. The van der Waals surface area contributed by atoms with Crippen molar-refractivity contribution in [3.8, 4) is 5.75 Å². The second kappa shape index (κ2) is 4.67. The lowest BCUT2D eigenvalue weighted by molar-refractivity contribution is 0.281. The maximum Gasteiger partial charge on any atom is 0.138 e. The predicted octanol–water partition coefficient (Wildman–Crippen LogP) is 2.96. The first kappa shape index (κ1) is 11.3. The van der Waals surface area contributed by atoms with Crippen LogP contribution >= 0.6 is 11.6 Å². The van der Waals surface area contributed by atoms with Crippen molar-refractivity contribution in [3.05, 3.63) is 28.3 Å². The number of hydrogen-bond donors (Lipinski definition) is 1. The molecule has 0 aliphatic heterocycles. The van der Waals surface area contributed by atoms with Gasteiger partial charge in [-0.2, -0.15) is 0 Å². The van der Waals surface area contributed by atoms with Gasteiger partial charge in [-0.3, -0.25) is 0 Å². The zero-order valence-electron chi connectivity index (χ0n) is 8.67. The Labute approximate surface area is 89.5 Å². The van der Waals surface area contributed by atoms with Crippen LogP contribution in [-0.2, 0) is 6.61 Å². The van der Waals surface area contributed by atoms with Crippen molar-refractivity contribution in [2.45, 2.75) is 26.4 Å². The van der Waals surface area contributed by atoms with Crippen LogP contribution in [0.2, 0.25) is 5.02 Å². The van der Waals surface area contributed by atoms with Gasteiger partial charge < -0.3 is 9.84 Å². The Balaban J connectivity index is 3.25. The summed E-state index contributed by atoms with van der Waals surface area (Å²) in [5, 5.41) is 9.60. The number of benzene rings is 1. The van der Waals surface area contributed by atoms with E-state index in [1.807, 2.05) is 12.1 Å². The van der Waals surface area contributed by atoms with Gasteiger partial charge in [-0.25, -0.2) is 0 Å². The summed E-state index contributed by atoms with van der Waals surface area (Å²) in [4.78, 5) is 0. The van der Waals surface area contributed by atoms with Gasteiger partial charge in [0.25, 0.3) is 0 Å². The molecule has 78 valence electrons. The molecule has 0 saturated carbocycles. The molecule has 0 spiro atoms. The van der Waals surface area contributed by atoms with E-state index >= 15 is 0 Å². The van der Waals surface area contributed by atoms with Crippen LogP contribution in [0.1, 0.15) is 30.9 Å². The van der Waals surface area contributed by atoms with Crippen LogP contribution in [0, 0.1) is 0 Å². The number of hydrogen-bond acceptors (Lipinski definition) is 2. The molecule has 3 heteroatoms. The summed E-state index contributed by atoms with van der Waals surface area (Å²) < 4.78 is 5.14. The van der Waals surface area contributed by atoms with Gasteiger partial charge in [-0.1, -0.05) is 31.5 Å². The number of aliphatic hydroxyl groups is 1. The third-order valence-electron chi connectivity index (χ3n) is 2.19. The summed E-state index contributed by atoms with van der Waals surface area (Å²) in [5.74, 6) is 1.02. The number of ether oxygens (including phenoxy) is 1. The average Bonchev–Trinajstić information content (AvgIpc) is 2.17. The quantitative estimate of drug-likeness (QED) is 0.839. The largest absolute Gasteiger partial charge is 0.495 e. The molecule has 14 heavy (non-hydrogen) atoms. The molecule has 0 aliphatic rings. The minimum absolute atomic E-state index is 0.0598. The van der Waals surface area contributed by atoms with Gasteiger partial charge in [0.2, 0.25) is 0 Å². The lowest BCUT2D eigenvalue weighted by Gasteiger charge is -2.12. The van der Waals surface area contributed by atoms with Crippen LogP contribution < -0.4 is 4.74 Å². The lowest BCUT2D eigenvalue weighted by Crippen LogP contribution is -1.96. The zero-order valence-corrected chi connectivity index (χ0v) is 9.43. The Morgan fingerprint density at radius 2 is 2.07 bits per heavy atom. The molecule has 1 rings (SSSR count). The number of methoxy groups -OCH3 is 1. The molecule has 0 atom stereocenters. The second-order valence-electron chi connectivity index (χ2n) is 3.51.